The second kappa shape index (κ2) is 5.50. The van der Waals surface area contributed by atoms with Crippen molar-refractivity contribution in [3.05, 3.63) is 15.9 Å². The molecule has 2 N–H and O–H groups in total. The smallest absolute Gasteiger partial charge is 0.0780 e. The van der Waals surface area contributed by atoms with Crippen LogP contribution in [0.1, 0.15) is 32.2 Å². The lowest BCUT2D eigenvalue weighted by Crippen LogP contribution is -2.47. The maximum Gasteiger partial charge on any atom is 0.0780 e. The maximum absolute atomic E-state index is 6.23. The Balaban J connectivity index is 2.84. The van der Waals surface area contributed by atoms with E-state index in [1.54, 1.807) is 0 Å². The van der Waals surface area contributed by atoms with Crippen LogP contribution >= 0.6 is 15.9 Å². The van der Waals surface area contributed by atoms with Crippen LogP contribution in [0.5, 0.6) is 0 Å². The molecule has 0 spiro atoms. The molecule has 0 radical (unpaired) electrons. The fourth-order valence-electron chi connectivity index (χ4n) is 1.83. The predicted molar refractivity (Wildman–Crippen MR) is 73.0 cm³/mol. The number of nitrogens with two attached hydrogens (primary N) is 1. The summed E-state index contributed by atoms with van der Waals surface area (Å²) >= 11 is 3.56. The molecule has 17 heavy (non-hydrogen) atoms. The third-order valence-corrected chi connectivity index (χ3v) is 4.12. The molecule has 1 aromatic heterocycles. The van der Waals surface area contributed by atoms with Crippen LogP contribution in [-0.2, 0) is 18.2 Å². The molecule has 5 heteroatoms. The van der Waals surface area contributed by atoms with Crippen molar-refractivity contribution < 1.29 is 4.74 Å². The fourth-order valence-corrected chi connectivity index (χ4v) is 2.33. The molecule has 98 valence electrons. The van der Waals surface area contributed by atoms with E-state index in [1.165, 1.54) is 0 Å². The Kier molecular flexibility index (Phi) is 4.75. The number of hydrogen-bond donors (Lipinski definition) is 1. The number of hydrogen-bond acceptors (Lipinski definition) is 3. The second-order valence-electron chi connectivity index (χ2n) is 4.82. The summed E-state index contributed by atoms with van der Waals surface area (Å²) in [5, 5.41) is 4.37. The summed E-state index contributed by atoms with van der Waals surface area (Å²) in [6.07, 6.45) is 0.741. The highest BCUT2D eigenvalue weighted by atomic mass is 79.9. The van der Waals surface area contributed by atoms with Gasteiger partial charge < -0.3 is 10.5 Å². The Bertz CT molecular complexity index is 387. The van der Waals surface area contributed by atoms with Gasteiger partial charge in [-0.05, 0) is 43.6 Å². The van der Waals surface area contributed by atoms with Crippen LogP contribution in [0, 0.1) is 6.92 Å². The highest BCUT2D eigenvalue weighted by Crippen LogP contribution is 2.24. The standard InChI is InChI=1S/C12H22BrN3O/c1-6-17-12(3,4)10(14)7-9-11(13)8(2)15-16(9)5/h10H,6-7,14H2,1-5H3. The number of rotatable bonds is 5. The van der Waals surface area contributed by atoms with E-state index in [-0.39, 0.29) is 11.6 Å². The number of halogens is 1. The first-order valence-corrected chi connectivity index (χ1v) is 6.66. The molecule has 1 atom stereocenters. The normalized spacial score (nSPS) is 14.1. The van der Waals surface area contributed by atoms with Crippen LogP contribution in [-0.4, -0.2) is 28.0 Å². The van der Waals surface area contributed by atoms with Gasteiger partial charge in [-0.1, -0.05) is 0 Å². The largest absolute Gasteiger partial charge is 0.374 e. The van der Waals surface area contributed by atoms with E-state index in [1.807, 2.05) is 39.4 Å². The predicted octanol–water partition coefficient (Wildman–Crippen LogP) is 2.18. The quantitative estimate of drug-likeness (QED) is 0.907. The van der Waals surface area contributed by atoms with Gasteiger partial charge in [0.15, 0.2) is 0 Å². The van der Waals surface area contributed by atoms with Gasteiger partial charge in [0, 0.05) is 26.1 Å². The monoisotopic (exact) mass is 303 g/mol. The van der Waals surface area contributed by atoms with E-state index in [4.69, 9.17) is 10.5 Å². The van der Waals surface area contributed by atoms with Gasteiger partial charge in [0.25, 0.3) is 0 Å². The molecular weight excluding hydrogens is 282 g/mol. The van der Waals surface area contributed by atoms with Crippen molar-refractivity contribution in [1.29, 1.82) is 0 Å². The number of aromatic nitrogens is 2. The molecule has 1 unspecified atom stereocenters. The van der Waals surface area contributed by atoms with Crippen molar-refractivity contribution in [2.75, 3.05) is 6.61 Å². The summed E-state index contributed by atoms with van der Waals surface area (Å²) in [5.74, 6) is 0. The highest BCUT2D eigenvalue weighted by molar-refractivity contribution is 9.10. The summed E-state index contributed by atoms with van der Waals surface area (Å²) in [6.45, 7) is 8.69. The van der Waals surface area contributed by atoms with E-state index < -0.39 is 0 Å². The average Bonchev–Trinajstić information content (AvgIpc) is 2.45. The number of ether oxygens (including phenoxy) is 1. The minimum Gasteiger partial charge on any atom is -0.374 e. The van der Waals surface area contributed by atoms with Gasteiger partial charge in [-0.25, -0.2) is 0 Å². The first kappa shape index (κ1) is 14.7. The molecule has 1 heterocycles. The molecule has 1 rings (SSSR count). The molecule has 4 nitrogen and oxygen atoms in total. The third-order valence-electron chi connectivity index (χ3n) is 3.08. The Morgan fingerprint density at radius 2 is 2.12 bits per heavy atom. The van der Waals surface area contributed by atoms with Gasteiger partial charge in [0.1, 0.15) is 0 Å². The lowest BCUT2D eigenvalue weighted by atomic mass is 9.95. The zero-order valence-electron chi connectivity index (χ0n) is 11.2. The molecular formula is C12H22BrN3O. The summed E-state index contributed by atoms with van der Waals surface area (Å²) in [7, 11) is 1.94. The zero-order valence-corrected chi connectivity index (χ0v) is 12.8. The third kappa shape index (κ3) is 3.30. The Hall–Kier alpha value is -0.390. The highest BCUT2D eigenvalue weighted by Gasteiger charge is 2.28. The molecule has 0 aliphatic heterocycles. The van der Waals surface area contributed by atoms with E-state index >= 15 is 0 Å². The Morgan fingerprint density at radius 1 is 1.53 bits per heavy atom. The Morgan fingerprint density at radius 3 is 2.53 bits per heavy atom. The van der Waals surface area contributed by atoms with E-state index in [2.05, 4.69) is 21.0 Å². The second-order valence-corrected chi connectivity index (χ2v) is 5.61. The van der Waals surface area contributed by atoms with Crippen molar-refractivity contribution in [2.24, 2.45) is 12.8 Å². The Labute approximate surface area is 112 Å². The summed E-state index contributed by atoms with van der Waals surface area (Å²) < 4.78 is 8.60. The van der Waals surface area contributed by atoms with Crippen molar-refractivity contribution >= 4 is 15.9 Å². The molecule has 0 aromatic carbocycles. The van der Waals surface area contributed by atoms with Crippen LogP contribution in [0.4, 0.5) is 0 Å². The SMILES string of the molecule is CCOC(C)(C)C(N)Cc1c(Br)c(C)nn1C. The molecule has 0 saturated carbocycles. The van der Waals surface area contributed by atoms with Gasteiger partial charge in [0.2, 0.25) is 0 Å². The van der Waals surface area contributed by atoms with Gasteiger partial charge in [-0.2, -0.15) is 5.10 Å². The zero-order chi connectivity index (χ0) is 13.2. The lowest BCUT2D eigenvalue weighted by Gasteiger charge is -2.31. The van der Waals surface area contributed by atoms with Crippen molar-refractivity contribution in [1.82, 2.24) is 9.78 Å². The fraction of sp³-hybridized carbons (Fsp3) is 0.750. The molecule has 1 aromatic rings. The van der Waals surface area contributed by atoms with E-state index in [9.17, 15) is 0 Å². The maximum atomic E-state index is 6.23. The summed E-state index contributed by atoms with van der Waals surface area (Å²) in [4.78, 5) is 0. The summed E-state index contributed by atoms with van der Waals surface area (Å²) in [6, 6.07) is -0.0615. The molecule has 0 aliphatic rings. The van der Waals surface area contributed by atoms with Crippen LogP contribution in [0.3, 0.4) is 0 Å². The van der Waals surface area contributed by atoms with Crippen molar-refractivity contribution in [2.45, 2.75) is 45.8 Å². The van der Waals surface area contributed by atoms with Crippen LogP contribution < -0.4 is 5.73 Å². The number of aryl methyl sites for hydroxylation is 2. The lowest BCUT2D eigenvalue weighted by molar-refractivity contribution is -0.0291. The minimum absolute atomic E-state index is 0.0615. The van der Waals surface area contributed by atoms with Crippen molar-refractivity contribution in [3.8, 4) is 0 Å². The molecule has 0 amide bonds. The molecule has 0 saturated heterocycles. The van der Waals surface area contributed by atoms with E-state index in [0.29, 0.717) is 6.61 Å². The molecule has 0 aliphatic carbocycles. The van der Waals surface area contributed by atoms with Gasteiger partial charge in [-0.15, -0.1) is 0 Å². The summed E-state index contributed by atoms with van der Waals surface area (Å²) in [5.41, 5.74) is 8.01. The number of nitrogens with zero attached hydrogens (tertiary/aromatic N) is 2. The first-order valence-electron chi connectivity index (χ1n) is 5.87. The average molecular weight is 304 g/mol. The van der Waals surface area contributed by atoms with E-state index in [0.717, 1.165) is 22.3 Å². The van der Waals surface area contributed by atoms with Gasteiger partial charge in [0.05, 0.1) is 21.5 Å². The first-order chi connectivity index (χ1) is 7.79. The van der Waals surface area contributed by atoms with Gasteiger partial charge >= 0.3 is 0 Å². The van der Waals surface area contributed by atoms with Crippen molar-refractivity contribution in [3.63, 3.8) is 0 Å². The van der Waals surface area contributed by atoms with Crippen LogP contribution in [0.2, 0.25) is 0 Å². The molecule has 0 bridgehead atoms. The van der Waals surface area contributed by atoms with Crippen LogP contribution in [0.25, 0.3) is 0 Å². The topological polar surface area (TPSA) is 53.1 Å². The van der Waals surface area contributed by atoms with Crippen LogP contribution in [0.15, 0.2) is 4.47 Å². The molecule has 0 fully saturated rings. The minimum atomic E-state index is -0.327. The van der Waals surface area contributed by atoms with Gasteiger partial charge in [-0.3, -0.25) is 4.68 Å².